The lowest BCUT2D eigenvalue weighted by Gasteiger charge is -2.11. The van der Waals surface area contributed by atoms with E-state index >= 15 is 0 Å². The highest BCUT2D eigenvalue weighted by atomic mass is 79.9. The SMILES string of the molecule is Br.CC(=O)C(C)(C)N. The highest BCUT2D eigenvalue weighted by molar-refractivity contribution is 8.93. The Hall–Kier alpha value is 0.110. The highest BCUT2D eigenvalue weighted by Crippen LogP contribution is 1.95. The van der Waals surface area contributed by atoms with Gasteiger partial charge in [0.05, 0.1) is 5.54 Å². The Morgan fingerprint density at radius 2 is 1.62 bits per heavy atom. The van der Waals surface area contributed by atoms with Crippen molar-refractivity contribution < 1.29 is 4.79 Å². The van der Waals surface area contributed by atoms with E-state index in [0.29, 0.717) is 0 Å². The van der Waals surface area contributed by atoms with Gasteiger partial charge in [-0.15, -0.1) is 17.0 Å². The molecule has 0 unspecified atom stereocenters. The maximum absolute atomic E-state index is 10.3. The van der Waals surface area contributed by atoms with Crippen LogP contribution >= 0.6 is 17.0 Å². The van der Waals surface area contributed by atoms with Crippen molar-refractivity contribution in [1.29, 1.82) is 0 Å². The molecule has 0 amide bonds. The van der Waals surface area contributed by atoms with E-state index in [2.05, 4.69) is 0 Å². The lowest BCUT2D eigenvalue weighted by atomic mass is 10.0. The summed E-state index contributed by atoms with van der Waals surface area (Å²) in [5.41, 5.74) is 4.69. The van der Waals surface area contributed by atoms with Crippen LogP contribution in [-0.4, -0.2) is 11.3 Å². The predicted octanol–water partition coefficient (Wildman–Crippen LogP) is 0.891. The molecule has 2 nitrogen and oxygen atoms in total. The fraction of sp³-hybridized carbons (Fsp3) is 0.800. The molecule has 0 radical (unpaired) electrons. The van der Waals surface area contributed by atoms with Crippen molar-refractivity contribution >= 4 is 22.8 Å². The van der Waals surface area contributed by atoms with Crippen LogP contribution in [-0.2, 0) is 4.79 Å². The quantitative estimate of drug-likeness (QED) is 0.654. The predicted molar refractivity (Wildman–Crippen MR) is 39.3 cm³/mol. The standard InChI is InChI=1S/C5H11NO.BrH/c1-4(7)5(2,3)6;/h6H2,1-3H3;1H. The second kappa shape index (κ2) is 3.20. The number of hydrogen-bond acceptors (Lipinski definition) is 2. The van der Waals surface area contributed by atoms with Gasteiger partial charge >= 0.3 is 0 Å². The van der Waals surface area contributed by atoms with Gasteiger partial charge in [-0.1, -0.05) is 0 Å². The van der Waals surface area contributed by atoms with E-state index in [-0.39, 0.29) is 22.8 Å². The van der Waals surface area contributed by atoms with Gasteiger partial charge in [0.15, 0.2) is 0 Å². The van der Waals surface area contributed by atoms with Gasteiger partial charge in [0.2, 0.25) is 0 Å². The van der Waals surface area contributed by atoms with Crippen LogP contribution in [0.3, 0.4) is 0 Å². The third kappa shape index (κ3) is 4.27. The summed E-state index contributed by atoms with van der Waals surface area (Å²) in [6, 6.07) is 0. The maximum Gasteiger partial charge on any atom is 0.149 e. The Labute approximate surface area is 60.2 Å². The van der Waals surface area contributed by atoms with Crippen LogP contribution in [0.5, 0.6) is 0 Å². The lowest BCUT2D eigenvalue weighted by Crippen LogP contribution is -2.39. The first kappa shape index (κ1) is 11.0. The number of nitrogens with two attached hydrogens (primary N) is 1. The molecule has 0 aromatic carbocycles. The van der Waals surface area contributed by atoms with E-state index < -0.39 is 5.54 Å². The van der Waals surface area contributed by atoms with Gasteiger partial charge in [-0.25, -0.2) is 0 Å². The molecule has 0 aromatic rings. The summed E-state index contributed by atoms with van der Waals surface area (Å²) in [6.45, 7) is 4.87. The molecule has 8 heavy (non-hydrogen) atoms. The smallest absolute Gasteiger partial charge is 0.149 e. The molecular weight excluding hydrogens is 170 g/mol. The van der Waals surface area contributed by atoms with Gasteiger partial charge in [-0.2, -0.15) is 0 Å². The first-order valence-electron chi connectivity index (χ1n) is 2.24. The van der Waals surface area contributed by atoms with Gasteiger partial charge in [-0.3, -0.25) is 4.79 Å². The molecule has 0 atom stereocenters. The molecule has 0 bridgehead atoms. The molecule has 50 valence electrons. The molecule has 0 spiro atoms. The van der Waals surface area contributed by atoms with Gasteiger partial charge in [0, 0.05) is 0 Å². The molecule has 0 aliphatic carbocycles. The first-order valence-corrected chi connectivity index (χ1v) is 2.24. The third-order valence-corrected chi connectivity index (χ3v) is 0.907. The molecule has 0 aliphatic heterocycles. The van der Waals surface area contributed by atoms with Gasteiger partial charge in [-0.05, 0) is 20.8 Å². The molecule has 0 rings (SSSR count). The number of Topliss-reactive ketones (excluding diaryl/α,β-unsaturated/α-hetero) is 1. The monoisotopic (exact) mass is 181 g/mol. The number of carbonyl (C=O) groups is 1. The second-order valence-electron chi connectivity index (χ2n) is 2.28. The largest absolute Gasteiger partial charge is 0.319 e. The Kier molecular flexibility index (Phi) is 4.39. The van der Waals surface area contributed by atoms with Crippen molar-refractivity contribution in [3.05, 3.63) is 0 Å². The van der Waals surface area contributed by atoms with Gasteiger partial charge in [0.1, 0.15) is 5.78 Å². The van der Waals surface area contributed by atoms with Crippen molar-refractivity contribution in [3.63, 3.8) is 0 Å². The summed E-state index contributed by atoms with van der Waals surface area (Å²) in [4.78, 5) is 10.3. The first-order chi connectivity index (χ1) is 2.94. The number of hydrogen-bond donors (Lipinski definition) is 1. The van der Waals surface area contributed by atoms with Crippen LogP contribution in [0.15, 0.2) is 0 Å². The Balaban J connectivity index is 0. The van der Waals surface area contributed by atoms with Crippen LogP contribution in [0.25, 0.3) is 0 Å². The molecule has 0 aliphatic rings. The van der Waals surface area contributed by atoms with Crippen LogP contribution in [0.4, 0.5) is 0 Å². The molecule has 0 fully saturated rings. The topological polar surface area (TPSA) is 43.1 Å². The van der Waals surface area contributed by atoms with Crippen LogP contribution in [0.2, 0.25) is 0 Å². The molecule has 0 saturated carbocycles. The van der Waals surface area contributed by atoms with Gasteiger partial charge < -0.3 is 5.73 Å². The summed E-state index contributed by atoms with van der Waals surface area (Å²) in [5, 5.41) is 0. The highest BCUT2D eigenvalue weighted by Gasteiger charge is 2.15. The average molecular weight is 182 g/mol. The summed E-state index contributed by atoms with van der Waals surface area (Å²) in [7, 11) is 0. The maximum atomic E-state index is 10.3. The van der Waals surface area contributed by atoms with E-state index in [9.17, 15) is 4.79 Å². The number of rotatable bonds is 1. The van der Waals surface area contributed by atoms with Crippen molar-refractivity contribution in [2.75, 3.05) is 0 Å². The fourth-order valence-electron chi connectivity index (χ4n) is 0. The molecule has 3 heteroatoms. The second-order valence-corrected chi connectivity index (χ2v) is 2.28. The molecule has 2 N–H and O–H groups in total. The van der Waals surface area contributed by atoms with Crippen LogP contribution in [0.1, 0.15) is 20.8 Å². The minimum atomic E-state index is -0.639. The summed E-state index contributed by atoms with van der Waals surface area (Å²) < 4.78 is 0. The molecular formula is C5H12BrNO. The minimum Gasteiger partial charge on any atom is -0.319 e. The molecule has 0 aromatic heterocycles. The Morgan fingerprint density at radius 1 is 1.50 bits per heavy atom. The summed E-state index contributed by atoms with van der Waals surface area (Å²) in [6.07, 6.45) is 0. The molecule has 0 saturated heterocycles. The molecule has 0 heterocycles. The van der Waals surface area contributed by atoms with Crippen molar-refractivity contribution in [1.82, 2.24) is 0 Å². The van der Waals surface area contributed by atoms with Crippen molar-refractivity contribution in [3.8, 4) is 0 Å². The van der Waals surface area contributed by atoms with E-state index in [1.165, 1.54) is 6.92 Å². The zero-order chi connectivity index (χ0) is 6.08. The Bertz CT molecular complexity index is 84.9. The zero-order valence-corrected chi connectivity index (χ0v) is 7.11. The lowest BCUT2D eigenvalue weighted by molar-refractivity contribution is -0.120. The number of carbonyl (C=O) groups excluding carboxylic acids is 1. The van der Waals surface area contributed by atoms with Gasteiger partial charge in [0.25, 0.3) is 0 Å². The van der Waals surface area contributed by atoms with Crippen LogP contribution in [0, 0.1) is 0 Å². The van der Waals surface area contributed by atoms with E-state index in [0.717, 1.165) is 0 Å². The van der Waals surface area contributed by atoms with E-state index in [1.807, 2.05) is 0 Å². The minimum absolute atomic E-state index is 0. The van der Waals surface area contributed by atoms with Crippen molar-refractivity contribution in [2.45, 2.75) is 26.3 Å². The van der Waals surface area contributed by atoms with Crippen molar-refractivity contribution in [2.24, 2.45) is 5.73 Å². The zero-order valence-electron chi connectivity index (χ0n) is 5.39. The number of halogens is 1. The average Bonchev–Trinajstić information content (AvgIpc) is 1.31. The van der Waals surface area contributed by atoms with Crippen LogP contribution < -0.4 is 5.73 Å². The Morgan fingerprint density at radius 3 is 1.62 bits per heavy atom. The normalized spacial score (nSPS) is 10.0. The van der Waals surface area contributed by atoms with E-state index in [1.54, 1.807) is 13.8 Å². The summed E-state index contributed by atoms with van der Waals surface area (Å²) in [5.74, 6) is 0.0208. The summed E-state index contributed by atoms with van der Waals surface area (Å²) >= 11 is 0. The van der Waals surface area contributed by atoms with E-state index in [4.69, 9.17) is 5.73 Å². The number of ketones is 1. The third-order valence-electron chi connectivity index (χ3n) is 0.907. The fourth-order valence-corrected chi connectivity index (χ4v) is 0.